The minimum absolute atomic E-state index is 0. The number of unbranched alkanes of at least 4 members (excludes halogenated alkanes) is 11. The van der Waals surface area contributed by atoms with Crippen LogP contribution in [-0.2, 0) is 0 Å². The SMILES string of the molecule is CCCCCCCCCCCCCCC(O)C[N+](C)(CCO)CCO.Cl. The molecular weight excluding hydrogens is 350 g/mol. The van der Waals surface area contributed by atoms with E-state index >= 15 is 0 Å². The molecule has 0 aliphatic rings. The second-order valence-electron chi connectivity index (χ2n) is 8.03. The van der Waals surface area contributed by atoms with Gasteiger partial charge in [-0.25, -0.2) is 0 Å². The number of hydrogen-bond acceptors (Lipinski definition) is 3. The first-order chi connectivity index (χ1) is 12.1. The molecule has 0 spiro atoms. The Balaban J connectivity index is 0. The second kappa shape index (κ2) is 19.9. The lowest BCUT2D eigenvalue weighted by Crippen LogP contribution is -2.52. The zero-order valence-corrected chi connectivity index (χ0v) is 18.3. The Morgan fingerprint density at radius 1 is 0.692 bits per heavy atom. The van der Waals surface area contributed by atoms with Gasteiger partial charge in [-0.15, -0.1) is 12.4 Å². The monoisotopic (exact) mass is 396 g/mol. The van der Waals surface area contributed by atoms with Gasteiger partial charge < -0.3 is 19.8 Å². The maximum atomic E-state index is 10.2. The molecule has 0 bridgehead atoms. The summed E-state index contributed by atoms with van der Waals surface area (Å²) in [6, 6.07) is 0. The van der Waals surface area contributed by atoms with Gasteiger partial charge in [0.05, 0.1) is 20.3 Å². The molecule has 0 saturated heterocycles. The lowest BCUT2D eigenvalue weighted by atomic mass is 10.0. The van der Waals surface area contributed by atoms with Crippen LogP contribution >= 0.6 is 12.4 Å². The van der Waals surface area contributed by atoms with Crippen molar-refractivity contribution < 1.29 is 19.8 Å². The van der Waals surface area contributed by atoms with Gasteiger partial charge in [-0.2, -0.15) is 0 Å². The molecule has 160 valence electrons. The van der Waals surface area contributed by atoms with Crippen molar-refractivity contribution in [1.29, 1.82) is 0 Å². The third-order valence-corrected chi connectivity index (χ3v) is 5.32. The van der Waals surface area contributed by atoms with Crippen molar-refractivity contribution >= 4 is 12.4 Å². The van der Waals surface area contributed by atoms with Crippen molar-refractivity contribution in [1.82, 2.24) is 0 Å². The third kappa shape index (κ3) is 17.5. The number of aliphatic hydroxyl groups is 3. The summed E-state index contributed by atoms with van der Waals surface area (Å²) in [7, 11) is 2.00. The molecule has 0 fully saturated rings. The van der Waals surface area contributed by atoms with Crippen LogP contribution in [0.4, 0.5) is 0 Å². The molecular formula is C21H47ClNO3+. The van der Waals surface area contributed by atoms with E-state index in [1.54, 1.807) is 0 Å². The Morgan fingerprint density at radius 3 is 1.46 bits per heavy atom. The molecule has 0 aromatic rings. The Labute approximate surface area is 169 Å². The first-order valence-corrected chi connectivity index (χ1v) is 10.8. The molecule has 0 aliphatic carbocycles. The smallest absolute Gasteiger partial charge is 0.105 e. The van der Waals surface area contributed by atoms with Crippen molar-refractivity contribution in [3.8, 4) is 0 Å². The summed E-state index contributed by atoms with van der Waals surface area (Å²) in [5.41, 5.74) is 0. The number of quaternary nitrogens is 1. The van der Waals surface area contributed by atoms with E-state index < -0.39 is 0 Å². The van der Waals surface area contributed by atoms with E-state index in [4.69, 9.17) is 10.2 Å². The van der Waals surface area contributed by atoms with Crippen LogP contribution in [0.15, 0.2) is 0 Å². The minimum atomic E-state index is -0.328. The van der Waals surface area contributed by atoms with Gasteiger partial charge in [0.1, 0.15) is 25.7 Å². The van der Waals surface area contributed by atoms with Crippen LogP contribution < -0.4 is 0 Å². The van der Waals surface area contributed by atoms with E-state index in [0.29, 0.717) is 24.1 Å². The standard InChI is InChI=1S/C21H46NO3.ClH/c1-3-4-5-6-7-8-9-10-11-12-13-14-15-21(25)20-22(2,16-18-23)17-19-24;/h21,23-25H,3-20H2,1-2H3;1H/q+1;. The number of halogens is 1. The highest BCUT2D eigenvalue weighted by atomic mass is 35.5. The van der Waals surface area contributed by atoms with Crippen LogP contribution in [-0.4, -0.2) is 65.8 Å². The predicted molar refractivity (Wildman–Crippen MR) is 114 cm³/mol. The number of hydrogen-bond donors (Lipinski definition) is 3. The molecule has 0 aromatic carbocycles. The zero-order chi connectivity index (χ0) is 18.8. The van der Waals surface area contributed by atoms with Crippen molar-refractivity contribution in [2.75, 3.05) is 39.9 Å². The first-order valence-electron chi connectivity index (χ1n) is 10.8. The van der Waals surface area contributed by atoms with Crippen LogP contribution in [0.3, 0.4) is 0 Å². The number of rotatable bonds is 19. The number of likely N-dealkylation sites (N-methyl/N-ethyl adjacent to an activating group) is 1. The molecule has 0 heterocycles. The van der Waals surface area contributed by atoms with Gasteiger partial charge in [0.15, 0.2) is 0 Å². The summed E-state index contributed by atoms with van der Waals surface area (Å²) in [5.74, 6) is 0. The zero-order valence-electron chi connectivity index (χ0n) is 17.5. The van der Waals surface area contributed by atoms with Gasteiger partial charge >= 0.3 is 0 Å². The third-order valence-electron chi connectivity index (χ3n) is 5.32. The maximum absolute atomic E-state index is 10.2. The minimum Gasteiger partial charge on any atom is -0.391 e. The largest absolute Gasteiger partial charge is 0.391 e. The Bertz CT molecular complexity index is 274. The Hall–Kier alpha value is 0.130. The van der Waals surface area contributed by atoms with E-state index in [1.807, 2.05) is 7.05 Å². The van der Waals surface area contributed by atoms with Crippen LogP contribution in [0.25, 0.3) is 0 Å². The van der Waals surface area contributed by atoms with Crippen molar-refractivity contribution in [3.05, 3.63) is 0 Å². The van der Waals surface area contributed by atoms with E-state index in [0.717, 1.165) is 12.8 Å². The lowest BCUT2D eigenvalue weighted by Gasteiger charge is -2.35. The van der Waals surface area contributed by atoms with Crippen LogP contribution in [0.5, 0.6) is 0 Å². The van der Waals surface area contributed by atoms with Gasteiger partial charge in [-0.3, -0.25) is 0 Å². The van der Waals surface area contributed by atoms with Gasteiger partial charge in [-0.05, 0) is 6.42 Å². The van der Waals surface area contributed by atoms with E-state index in [1.165, 1.54) is 70.6 Å². The molecule has 0 saturated carbocycles. The summed E-state index contributed by atoms with van der Waals surface area (Å²) in [4.78, 5) is 0. The van der Waals surface area contributed by atoms with Crippen molar-refractivity contribution in [2.45, 2.75) is 96.5 Å². The molecule has 0 aliphatic heterocycles. The molecule has 0 aromatic heterocycles. The van der Waals surface area contributed by atoms with E-state index in [-0.39, 0.29) is 31.7 Å². The Morgan fingerprint density at radius 2 is 1.08 bits per heavy atom. The second-order valence-corrected chi connectivity index (χ2v) is 8.03. The lowest BCUT2D eigenvalue weighted by molar-refractivity contribution is -0.913. The fraction of sp³-hybridized carbons (Fsp3) is 1.00. The fourth-order valence-electron chi connectivity index (χ4n) is 3.60. The average Bonchev–Trinajstić information content (AvgIpc) is 2.56. The highest BCUT2D eigenvalue weighted by molar-refractivity contribution is 5.85. The van der Waals surface area contributed by atoms with Gasteiger partial charge in [0, 0.05) is 0 Å². The quantitative estimate of drug-likeness (QED) is 0.225. The molecule has 26 heavy (non-hydrogen) atoms. The highest BCUT2D eigenvalue weighted by Crippen LogP contribution is 2.14. The highest BCUT2D eigenvalue weighted by Gasteiger charge is 2.24. The van der Waals surface area contributed by atoms with Crippen LogP contribution in [0, 0.1) is 0 Å². The normalized spacial score (nSPS) is 12.8. The summed E-state index contributed by atoms with van der Waals surface area (Å²) in [6.45, 7) is 4.27. The molecule has 1 unspecified atom stereocenters. The predicted octanol–water partition coefficient (Wildman–Crippen LogP) is 4.29. The molecule has 0 rings (SSSR count). The van der Waals surface area contributed by atoms with Crippen LogP contribution in [0.1, 0.15) is 90.4 Å². The van der Waals surface area contributed by atoms with Crippen molar-refractivity contribution in [3.63, 3.8) is 0 Å². The summed E-state index contributed by atoms with van der Waals surface area (Å²) < 4.78 is 0.548. The summed E-state index contributed by atoms with van der Waals surface area (Å²) >= 11 is 0. The Kier molecular flexibility index (Phi) is 21.7. The maximum Gasteiger partial charge on any atom is 0.105 e. The molecule has 4 nitrogen and oxygen atoms in total. The van der Waals surface area contributed by atoms with Gasteiger partial charge in [-0.1, -0.05) is 84.0 Å². The van der Waals surface area contributed by atoms with E-state index in [2.05, 4.69) is 6.92 Å². The fourth-order valence-corrected chi connectivity index (χ4v) is 3.60. The van der Waals surface area contributed by atoms with Crippen molar-refractivity contribution in [2.24, 2.45) is 0 Å². The molecule has 0 radical (unpaired) electrons. The van der Waals surface area contributed by atoms with Gasteiger partial charge in [0.25, 0.3) is 0 Å². The summed E-state index contributed by atoms with van der Waals surface area (Å²) in [6.07, 6.45) is 16.5. The molecule has 3 N–H and O–H groups in total. The first kappa shape index (κ1) is 28.3. The van der Waals surface area contributed by atoms with E-state index in [9.17, 15) is 5.11 Å². The molecule has 1 atom stereocenters. The molecule has 0 amide bonds. The molecule has 5 heteroatoms. The summed E-state index contributed by atoms with van der Waals surface area (Å²) in [5, 5.41) is 28.5. The van der Waals surface area contributed by atoms with Crippen LogP contribution in [0.2, 0.25) is 0 Å². The number of aliphatic hydroxyl groups excluding tert-OH is 3. The number of nitrogens with zero attached hydrogens (tertiary/aromatic N) is 1. The average molecular weight is 397 g/mol. The topological polar surface area (TPSA) is 60.7 Å². The van der Waals surface area contributed by atoms with Gasteiger partial charge in [0.2, 0.25) is 0 Å².